The van der Waals surface area contributed by atoms with Gasteiger partial charge in [0.15, 0.2) is 0 Å². The monoisotopic (exact) mass is 949 g/mol. The minimum atomic E-state index is -2.63. The second kappa shape index (κ2) is 16.4. The first-order chi connectivity index (χ1) is 31.2. The molecule has 8 rings (SSSR count). The van der Waals surface area contributed by atoms with Gasteiger partial charge in [-0.15, -0.1) is 29.3 Å². The van der Waals surface area contributed by atoms with Crippen LogP contribution in [0.2, 0.25) is 0 Å². The van der Waals surface area contributed by atoms with E-state index in [-0.39, 0.29) is 55.4 Å². The maximum absolute atomic E-state index is 11.4. The van der Waals surface area contributed by atoms with Crippen LogP contribution in [0.4, 0.5) is 0 Å². The van der Waals surface area contributed by atoms with Gasteiger partial charge < -0.3 is 5.11 Å². The Morgan fingerprint density at radius 3 is 2.10 bits per heavy atom. The van der Waals surface area contributed by atoms with E-state index in [0.29, 0.717) is 78.3 Å². The molecule has 5 heteroatoms. The van der Waals surface area contributed by atoms with E-state index in [1.54, 1.807) is 87.0 Å². The van der Waals surface area contributed by atoms with Crippen molar-refractivity contribution in [3.05, 3.63) is 168 Å². The molecule has 0 spiro atoms. The van der Waals surface area contributed by atoms with Crippen LogP contribution in [0.1, 0.15) is 96.2 Å². The summed E-state index contributed by atoms with van der Waals surface area (Å²) in [5.74, 6) is -1.72. The van der Waals surface area contributed by atoms with E-state index in [1.165, 1.54) is 0 Å². The first-order valence-electron chi connectivity index (χ1n) is 24.0. The van der Waals surface area contributed by atoms with Crippen molar-refractivity contribution in [2.24, 2.45) is 0 Å². The van der Waals surface area contributed by atoms with Gasteiger partial charge in [-0.2, -0.15) is 0 Å². The van der Waals surface area contributed by atoms with Crippen LogP contribution in [-0.2, 0) is 26.5 Å². The van der Waals surface area contributed by atoms with E-state index in [4.69, 9.17) is 18.7 Å². The summed E-state index contributed by atoms with van der Waals surface area (Å²) in [7, 11) is 0. The van der Waals surface area contributed by atoms with Gasteiger partial charge in [0.1, 0.15) is 11.6 Å². The van der Waals surface area contributed by atoms with Gasteiger partial charge in [0.25, 0.3) is 0 Å². The number of hydrogen-bond donors (Lipinski definition) is 1. The standard InChI is InChI=1S/C53H50N3O.Pt/c1-33(2)39-26-40(34(3)4)28-41(27-39)37-21-22-48(35(5)25-37)56-49-19-14-18-45(51(49)55-52(56)46-17-12-13-20-50(46)57)42-29-43(31-44(30-42)53(6,7)8)47-32-38(23-24-54-47)36-15-10-9-11-16-36;/h9-28,30-34,57H,1-8H3;/q-1;/i5D3,9D,10D,11D,15D,16D,33D,34D;. The zero-order chi connectivity index (χ0) is 48.7. The molecule has 0 amide bonds. The molecule has 0 saturated heterocycles. The largest absolute Gasteiger partial charge is 0.507 e. The van der Waals surface area contributed by atoms with Crippen molar-refractivity contribution < 1.29 is 39.9 Å². The molecule has 0 radical (unpaired) electrons. The Morgan fingerprint density at radius 1 is 0.724 bits per heavy atom. The van der Waals surface area contributed by atoms with Gasteiger partial charge in [0.2, 0.25) is 0 Å². The molecule has 2 aromatic heterocycles. The van der Waals surface area contributed by atoms with Crippen LogP contribution in [0.5, 0.6) is 5.75 Å². The van der Waals surface area contributed by atoms with Crippen LogP contribution < -0.4 is 0 Å². The predicted octanol–water partition coefficient (Wildman–Crippen LogP) is 14.1. The number of rotatable bonds is 8. The molecule has 1 N–H and O–H groups in total. The molecule has 2 heterocycles. The first kappa shape index (κ1) is 29.6. The number of pyridine rings is 1. The maximum Gasteiger partial charge on any atom is 0.148 e. The number of benzene rings is 6. The topological polar surface area (TPSA) is 50.9 Å². The summed E-state index contributed by atoms with van der Waals surface area (Å²) in [5.41, 5.74) is 7.84. The molecule has 0 bridgehead atoms. The summed E-state index contributed by atoms with van der Waals surface area (Å²) in [5, 5.41) is 11.4. The predicted molar refractivity (Wildman–Crippen MR) is 238 cm³/mol. The quantitative estimate of drug-likeness (QED) is 0.154. The summed E-state index contributed by atoms with van der Waals surface area (Å²) in [6, 6.07) is 32.1. The van der Waals surface area contributed by atoms with E-state index in [9.17, 15) is 5.11 Å². The maximum atomic E-state index is 11.4. The van der Waals surface area contributed by atoms with Crippen molar-refractivity contribution in [2.75, 3.05) is 0 Å². The molecule has 0 aliphatic heterocycles. The Morgan fingerprint density at radius 2 is 1.41 bits per heavy atom. The molecule has 6 aromatic carbocycles. The average molecular weight is 950 g/mol. The Hall–Kier alpha value is -5.57. The number of fused-ring (bicyclic) bond motifs is 1. The van der Waals surface area contributed by atoms with Crippen LogP contribution in [0, 0.1) is 12.9 Å². The minimum absolute atomic E-state index is 0. The molecule has 294 valence electrons. The fraction of sp³-hybridized carbons (Fsp3) is 0.208. The van der Waals surface area contributed by atoms with Crippen molar-refractivity contribution in [3.63, 3.8) is 0 Å². The summed E-state index contributed by atoms with van der Waals surface area (Å²) in [4.78, 5) is 9.89. The number of aromatic hydroxyl groups is 1. The van der Waals surface area contributed by atoms with Crippen LogP contribution in [0.3, 0.4) is 0 Å². The third kappa shape index (κ3) is 7.96. The van der Waals surface area contributed by atoms with Crippen molar-refractivity contribution in [1.82, 2.24) is 14.5 Å². The molecule has 0 saturated carbocycles. The second-order valence-electron chi connectivity index (χ2n) is 15.9. The number of aromatic nitrogens is 3. The van der Waals surface area contributed by atoms with E-state index in [1.807, 2.05) is 54.6 Å². The van der Waals surface area contributed by atoms with Crippen LogP contribution >= 0.6 is 0 Å². The molecule has 0 fully saturated rings. The van der Waals surface area contributed by atoms with E-state index in [0.717, 1.165) is 5.56 Å². The Labute approximate surface area is 372 Å². The number of para-hydroxylation sites is 2. The Balaban J connectivity index is 0.00000684. The zero-order valence-corrected chi connectivity index (χ0v) is 35.8. The average Bonchev–Trinajstić information content (AvgIpc) is 3.66. The van der Waals surface area contributed by atoms with Crippen molar-refractivity contribution in [3.8, 4) is 67.5 Å². The van der Waals surface area contributed by atoms with E-state index < -0.39 is 36.8 Å². The zero-order valence-electron chi connectivity index (χ0n) is 43.5. The summed E-state index contributed by atoms with van der Waals surface area (Å²) < 4.78 is 88.1. The normalized spacial score (nSPS) is 14.7. The van der Waals surface area contributed by atoms with Gasteiger partial charge in [0, 0.05) is 39.8 Å². The number of phenolic OH excluding ortho intramolecular Hbond substituents is 1. The number of phenols is 1. The molecule has 0 aliphatic carbocycles. The molecule has 0 aliphatic rings. The van der Waals surface area contributed by atoms with E-state index >= 15 is 0 Å². The number of aryl methyl sites for hydroxylation is 1. The van der Waals surface area contributed by atoms with Gasteiger partial charge in [-0.05, 0) is 99.4 Å². The molecule has 4 nitrogen and oxygen atoms in total. The van der Waals surface area contributed by atoms with Crippen LogP contribution in [-0.4, -0.2) is 19.6 Å². The Bertz CT molecular complexity index is 3210. The van der Waals surface area contributed by atoms with Crippen LogP contribution in [0.25, 0.3) is 72.7 Å². The van der Waals surface area contributed by atoms with E-state index in [2.05, 4.69) is 31.8 Å². The fourth-order valence-corrected chi connectivity index (χ4v) is 7.10. The third-order valence-electron chi connectivity index (χ3n) is 10.3. The fourth-order valence-electron chi connectivity index (χ4n) is 7.10. The number of hydrogen-bond acceptors (Lipinski definition) is 3. The van der Waals surface area contributed by atoms with Gasteiger partial charge in [-0.1, -0.05) is 144 Å². The van der Waals surface area contributed by atoms with Crippen molar-refractivity contribution in [2.45, 2.75) is 72.5 Å². The minimum Gasteiger partial charge on any atom is -0.507 e. The van der Waals surface area contributed by atoms with Crippen molar-refractivity contribution >= 4 is 11.0 Å². The molecule has 8 aromatic rings. The molecular weight excluding hydrogens is 890 g/mol. The second-order valence-corrected chi connectivity index (χ2v) is 15.9. The molecular formula is C53H50N3OPt-. The van der Waals surface area contributed by atoms with Gasteiger partial charge in [-0.3, -0.25) is 9.55 Å². The number of imidazole rings is 1. The molecule has 0 atom stereocenters. The summed E-state index contributed by atoms with van der Waals surface area (Å²) >= 11 is 0. The molecule has 58 heavy (non-hydrogen) atoms. The smallest absolute Gasteiger partial charge is 0.148 e. The molecule has 0 unspecified atom stereocenters. The SMILES string of the molecule is [2H]c1c([2H])c([2H])c(-c2ccnc(-c3[c-]c(-c4cccc5c4nc(-c4ccccc4O)n5-c4ccc(-c5cc(C([2H])(C)C)cc(C([2H])(C)C)c5)cc4C([2H])([2H])[2H])cc(C(C)(C)C)c3)c2)c([2H])c1[2H].[Pt]. The summed E-state index contributed by atoms with van der Waals surface area (Å²) in [6.45, 7) is 10.7. The van der Waals surface area contributed by atoms with Gasteiger partial charge >= 0.3 is 0 Å². The first-order valence-corrected chi connectivity index (χ1v) is 19.0. The van der Waals surface area contributed by atoms with Crippen molar-refractivity contribution in [1.29, 1.82) is 0 Å². The van der Waals surface area contributed by atoms with Crippen LogP contribution in [0.15, 0.2) is 140 Å². The number of nitrogens with zero attached hydrogens (tertiary/aromatic N) is 3. The van der Waals surface area contributed by atoms with Gasteiger partial charge in [-0.25, -0.2) is 4.98 Å². The third-order valence-corrected chi connectivity index (χ3v) is 10.3. The Kier molecular flexibility index (Phi) is 8.35. The summed E-state index contributed by atoms with van der Waals surface area (Å²) in [6.07, 6.45) is 1.54. The van der Waals surface area contributed by atoms with Gasteiger partial charge in [0.05, 0.1) is 29.1 Å².